The minimum Gasteiger partial charge on any atom is -0.326 e. The number of nitrogens with one attached hydrogen (secondary N) is 2. The Hall–Kier alpha value is -0.940. The Balaban J connectivity index is 2.22. The topological polar surface area (TPSA) is 76.1 Å². The maximum absolute atomic E-state index is 5.96. The molecular formula is C18H34N4. The van der Waals surface area contributed by atoms with E-state index in [2.05, 4.69) is 62.6 Å². The third-order valence-corrected chi connectivity index (χ3v) is 3.57. The van der Waals surface area contributed by atoms with Crippen molar-refractivity contribution in [2.45, 2.75) is 64.7 Å². The Bertz CT molecular complexity index is 371. The average Bonchev–Trinajstić information content (AvgIpc) is 2.39. The molecule has 0 amide bonds. The van der Waals surface area contributed by atoms with E-state index in [0.717, 1.165) is 39.0 Å². The van der Waals surface area contributed by atoms with Crippen molar-refractivity contribution in [2.75, 3.05) is 13.1 Å². The molecule has 0 spiro atoms. The number of benzene rings is 1. The SMILES string of the molecule is CC(C)(N)CCNCc1ccc(CNCCC(C)(C)N)cc1. The number of nitrogens with two attached hydrogens (primary N) is 2. The summed E-state index contributed by atoms with van der Waals surface area (Å²) in [6, 6.07) is 8.74. The average molecular weight is 306 g/mol. The van der Waals surface area contributed by atoms with Crippen LogP contribution < -0.4 is 22.1 Å². The van der Waals surface area contributed by atoms with Crippen molar-refractivity contribution >= 4 is 0 Å². The van der Waals surface area contributed by atoms with Crippen LogP contribution in [-0.4, -0.2) is 24.2 Å². The molecular weight excluding hydrogens is 272 g/mol. The van der Waals surface area contributed by atoms with Crippen LogP contribution in [0.2, 0.25) is 0 Å². The third-order valence-electron chi connectivity index (χ3n) is 3.57. The predicted octanol–water partition coefficient (Wildman–Crippen LogP) is 2.12. The molecule has 22 heavy (non-hydrogen) atoms. The molecule has 0 saturated carbocycles. The molecule has 4 heteroatoms. The fourth-order valence-electron chi connectivity index (χ4n) is 2.06. The molecule has 0 unspecified atom stereocenters. The van der Waals surface area contributed by atoms with Gasteiger partial charge in [-0.15, -0.1) is 0 Å². The van der Waals surface area contributed by atoms with Gasteiger partial charge in [0.05, 0.1) is 0 Å². The highest BCUT2D eigenvalue weighted by molar-refractivity contribution is 5.22. The van der Waals surface area contributed by atoms with Gasteiger partial charge in [-0.2, -0.15) is 0 Å². The van der Waals surface area contributed by atoms with Crippen LogP contribution in [0, 0.1) is 0 Å². The van der Waals surface area contributed by atoms with Crippen LogP contribution in [0.5, 0.6) is 0 Å². The Morgan fingerprint density at radius 2 is 1.05 bits per heavy atom. The largest absolute Gasteiger partial charge is 0.326 e. The monoisotopic (exact) mass is 306 g/mol. The van der Waals surface area contributed by atoms with Gasteiger partial charge in [-0.1, -0.05) is 24.3 Å². The molecule has 0 heterocycles. The molecule has 0 bridgehead atoms. The Morgan fingerprint density at radius 3 is 1.32 bits per heavy atom. The molecule has 1 aromatic rings. The van der Waals surface area contributed by atoms with Gasteiger partial charge < -0.3 is 22.1 Å². The number of rotatable bonds is 10. The van der Waals surface area contributed by atoms with Gasteiger partial charge >= 0.3 is 0 Å². The van der Waals surface area contributed by atoms with Crippen LogP contribution >= 0.6 is 0 Å². The van der Waals surface area contributed by atoms with Crippen LogP contribution in [0.1, 0.15) is 51.7 Å². The van der Waals surface area contributed by atoms with Gasteiger partial charge in [0.25, 0.3) is 0 Å². The summed E-state index contributed by atoms with van der Waals surface area (Å²) in [6.45, 7) is 11.9. The second-order valence-electron chi connectivity index (χ2n) is 7.65. The molecule has 126 valence electrons. The second kappa shape index (κ2) is 8.63. The highest BCUT2D eigenvalue weighted by Crippen LogP contribution is 2.06. The molecule has 1 rings (SSSR count). The van der Waals surface area contributed by atoms with Crippen molar-refractivity contribution in [3.8, 4) is 0 Å². The quantitative estimate of drug-likeness (QED) is 0.500. The molecule has 4 nitrogen and oxygen atoms in total. The normalized spacial score (nSPS) is 12.6. The lowest BCUT2D eigenvalue weighted by Gasteiger charge is -2.18. The van der Waals surface area contributed by atoms with E-state index in [1.807, 2.05) is 0 Å². The molecule has 0 radical (unpaired) electrons. The van der Waals surface area contributed by atoms with Crippen molar-refractivity contribution in [3.63, 3.8) is 0 Å². The van der Waals surface area contributed by atoms with Crippen LogP contribution in [-0.2, 0) is 13.1 Å². The van der Waals surface area contributed by atoms with Crippen LogP contribution in [0.15, 0.2) is 24.3 Å². The van der Waals surface area contributed by atoms with Crippen LogP contribution in [0.25, 0.3) is 0 Å². The fourth-order valence-corrected chi connectivity index (χ4v) is 2.06. The lowest BCUT2D eigenvalue weighted by atomic mass is 10.0. The van der Waals surface area contributed by atoms with E-state index in [4.69, 9.17) is 11.5 Å². The van der Waals surface area contributed by atoms with Crippen molar-refractivity contribution in [2.24, 2.45) is 11.5 Å². The lowest BCUT2D eigenvalue weighted by molar-refractivity contribution is 0.454. The van der Waals surface area contributed by atoms with Crippen molar-refractivity contribution < 1.29 is 0 Å². The second-order valence-corrected chi connectivity index (χ2v) is 7.65. The first-order chi connectivity index (χ1) is 10.2. The first kappa shape index (κ1) is 19.1. The molecule has 0 aliphatic carbocycles. The highest BCUT2D eigenvalue weighted by Gasteiger charge is 2.09. The molecule has 1 aromatic carbocycles. The summed E-state index contributed by atoms with van der Waals surface area (Å²) >= 11 is 0. The van der Waals surface area contributed by atoms with Gasteiger partial charge in [0.15, 0.2) is 0 Å². The maximum atomic E-state index is 5.96. The minimum absolute atomic E-state index is 0.0966. The highest BCUT2D eigenvalue weighted by atomic mass is 14.9. The molecule has 0 aliphatic rings. The van der Waals surface area contributed by atoms with Gasteiger partial charge in [-0.3, -0.25) is 0 Å². The molecule has 0 saturated heterocycles. The smallest absolute Gasteiger partial charge is 0.0205 e. The van der Waals surface area contributed by atoms with Gasteiger partial charge in [0.2, 0.25) is 0 Å². The lowest BCUT2D eigenvalue weighted by Crippen LogP contribution is -2.35. The van der Waals surface area contributed by atoms with E-state index in [-0.39, 0.29) is 11.1 Å². The van der Waals surface area contributed by atoms with Crippen LogP contribution in [0.4, 0.5) is 0 Å². The zero-order chi connectivity index (χ0) is 16.6. The summed E-state index contributed by atoms with van der Waals surface area (Å²) in [7, 11) is 0. The zero-order valence-corrected chi connectivity index (χ0v) is 14.7. The van der Waals surface area contributed by atoms with E-state index >= 15 is 0 Å². The Morgan fingerprint density at radius 1 is 0.727 bits per heavy atom. The Kier molecular flexibility index (Phi) is 7.49. The van der Waals surface area contributed by atoms with Gasteiger partial charge in [0, 0.05) is 24.2 Å². The van der Waals surface area contributed by atoms with E-state index in [9.17, 15) is 0 Å². The van der Waals surface area contributed by atoms with E-state index in [0.29, 0.717) is 0 Å². The van der Waals surface area contributed by atoms with Crippen molar-refractivity contribution in [3.05, 3.63) is 35.4 Å². The summed E-state index contributed by atoms with van der Waals surface area (Å²) in [5, 5.41) is 6.87. The summed E-state index contributed by atoms with van der Waals surface area (Å²) < 4.78 is 0. The fraction of sp³-hybridized carbons (Fsp3) is 0.667. The van der Waals surface area contributed by atoms with E-state index < -0.39 is 0 Å². The molecule has 0 atom stereocenters. The van der Waals surface area contributed by atoms with Gasteiger partial charge in [-0.05, 0) is 64.8 Å². The molecule has 6 N–H and O–H groups in total. The molecule has 0 fully saturated rings. The number of hydrogen-bond donors (Lipinski definition) is 4. The summed E-state index contributed by atoms with van der Waals surface area (Å²) in [5.74, 6) is 0. The summed E-state index contributed by atoms with van der Waals surface area (Å²) in [4.78, 5) is 0. The van der Waals surface area contributed by atoms with Gasteiger partial charge in [0.1, 0.15) is 0 Å². The van der Waals surface area contributed by atoms with Crippen LogP contribution in [0.3, 0.4) is 0 Å². The first-order valence-corrected chi connectivity index (χ1v) is 8.23. The predicted molar refractivity (Wildman–Crippen MR) is 95.6 cm³/mol. The van der Waals surface area contributed by atoms with Crippen molar-refractivity contribution in [1.29, 1.82) is 0 Å². The molecule has 0 aromatic heterocycles. The minimum atomic E-state index is -0.0966. The summed E-state index contributed by atoms with van der Waals surface area (Å²) in [5.41, 5.74) is 14.4. The maximum Gasteiger partial charge on any atom is 0.0205 e. The third kappa shape index (κ3) is 9.90. The number of hydrogen-bond acceptors (Lipinski definition) is 4. The Labute approximate surface area is 136 Å². The standard InChI is InChI=1S/C18H34N4/c1-17(2,19)9-11-21-13-15-5-7-16(8-6-15)14-22-12-10-18(3,4)20/h5-8,21-22H,9-14,19-20H2,1-4H3. The van der Waals surface area contributed by atoms with E-state index in [1.54, 1.807) is 0 Å². The molecule has 0 aliphatic heterocycles. The van der Waals surface area contributed by atoms with E-state index in [1.165, 1.54) is 11.1 Å². The zero-order valence-electron chi connectivity index (χ0n) is 14.7. The summed E-state index contributed by atoms with van der Waals surface area (Å²) in [6.07, 6.45) is 1.96. The van der Waals surface area contributed by atoms with Gasteiger partial charge in [-0.25, -0.2) is 0 Å². The van der Waals surface area contributed by atoms with Crippen molar-refractivity contribution in [1.82, 2.24) is 10.6 Å². The first-order valence-electron chi connectivity index (χ1n) is 8.23.